The van der Waals surface area contributed by atoms with Gasteiger partial charge in [0.1, 0.15) is 5.82 Å². The molecule has 0 spiro atoms. The first-order valence-corrected chi connectivity index (χ1v) is 9.84. The maximum absolute atomic E-state index is 14.9. The van der Waals surface area contributed by atoms with E-state index >= 15 is 0 Å². The second-order valence-electron chi connectivity index (χ2n) is 7.04. The van der Waals surface area contributed by atoms with Crippen molar-refractivity contribution < 1.29 is 9.50 Å². The Morgan fingerprint density at radius 2 is 1.77 bits per heavy atom. The molecule has 7 heteroatoms. The second kappa shape index (κ2) is 7.41. The molecule has 0 amide bonds. The predicted octanol–water partition coefficient (Wildman–Crippen LogP) is 5.55. The van der Waals surface area contributed by atoms with Gasteiger partial charge in [-0.2, -0.15) is 5.10 Å². The lowest BCUT2D eigenvalue weighted by atomic mass is 9.98. The molecule has 2 aromatic heterocycles. The number of benzene rings is 3. The first-order chi connectivity index (χ1) is 15.0. The van der Waals surface area contributed by atoms with Gasteiger partial charge in [0.25, 0.3) is 5.56 Å². The SMILES string of the molecule is O=c1[nH]c2cc(Cl)c(-c3ccc(-c4ccccc4)c(F)c3)cc2c(O)c1-n1cccn1. The van der Waals surface area contributed by atoms with Crippen LogP contribution >= 0.6 is 11.6 Å². The lowest BCUT2D eigenvalue weighted by Gasteiger charge is -2.12. The maximum atomic E-state index is 14.9. The van der Waals surface area contributed by atoms with E-state index in [1.165, 1.54) is 16.9 Å². The molecule has 0 bridgehead atoms. The van der Waals surface area contributed by atoms with Crippen molar-refractivity contribution >= 4 is 22.5 Å². The Bertz CT molecular complexity index is 1480. The van der Waals surface area contributed by atoms with E-state index in [-0.39, 0.29) is 17.3 Å². The van der Waals surface area contributed by atoms with Gasteiger partial charge in [-0.05, 0) is 35.4 Å². The Labute approximate surface area is 181 Å². The highest BCUT2D eigenvalue weighted by molar-refractivity contribution is 6.34. The van der Waals surface area contributed by atoms with Crippen LogP contribution < -0.4 is 5.56 Å². The van der Waals surface area contributed by atoms with E-state index in [1.54, 1.807) is 36.5 Å². The largest absolute Gasteiger partial charge is 0.505 e. The van der Waals surface area contributed by atoms with Gasteiger partial charge < -0.3 is 10.1 Å². The highest BCUT2D eigenvalue weighted by Crippen LogP contribution is 2.37. The Kier molecular flexibility index (Phi) is 4.56. The molecule has 0 aliphatic rings. The number of H-pyrrole nitrogens is 1. The van der Waals surface area contributed by atoms with Crippen molar-refractivity contribution in [2.24, 2.45) is 0 Å². The normalized spacial score (nSPS) is 11.2. The molecule has 0 aliphatic carbocycles. The van der Waals surface area contributed by atoms with E-state index in [2.05, 4.69) is 10.1 Å². The quantitative estimate of drug-likeness (QED) is 0.393. The third-order valence-corrected chi connectivity index (χ3v) is 5.46. The van der Waals surface area contributed by atoms with Crippen LogP contribution in [-0.2, 0) is 0 Å². The molecule has 0 fully saturated rings. The number of nitrogens with zero attached hydrogens (tertiary/aromatic N) is 2. The lowest BCUT2D eigenvalue weighted by molar-refractivity contribution is 0.475. The average Bonchev–Trinajstić information content (AvgIpc) is 3.28. The van der Waals surface area contributed by atoms with Crippen LogP contribution in [0.25, 0.3) is 38.8 Å². The van der Waals surface area contributed by atoms with E-state index in [0.717, 1.165) is 5.56 Å². The van der Waals surface area contributed by atoms with E-state index < -0.39 is 5.56 Å². The van der Waals surface area contributed by atoms with Gasteiger partial charge in [-0.3, -0.25) is 4.79 Å². The highest BCUT2D eigenvalue weighted by Gasteiger charge is 2.17. The van der Waals surface area contributed by atoms with Crippen molar-refractivity contribution in [1.82, 2.24) is 14.8 Å². The molecule has 5 nitrogen and oxygen atoms in total. The fourth-order valence-electron chi connectivity index (χ4n) is 3.66. The van der Waals surface area contributed by atoms with Crippen LogP contribution in [0.1, 0.15) is 0 Å². The number of halogens is 2. The molecule has 2 N–H and O–H groups in total. The number of hydrogen-bond acceptors (Lipinski definition) is 3. The number of fused-ring (bicyclic) bond motifs is 1. The van der Waals surface area contributed by atoms with Gasteiger partial charge in [-0.25, -0.2) is 9.07 Å². The molecule has 3 aromatic carbocycles. The van der Waals surface area contributed by atoms with Gasteiger partial charge in [0, 0.05) is 28.9 Å². The second-order valence-corrected chi connectivity index (χ2v) is 7.45. The fourth-order valence-corrected chi connectivity index (χ4v) is 3.93. The first kappa shape index (κ1) is 19.1. The molecule has 2 heterocycles. The third-order valence-electron chi connectivity index (χ3n) is 5.15. The van der Waals surface area contributed by atoms with Crippen LogP contribution in [0.2, 0.25) is 5.02 Å². The summed E-state index contributed by atoms with van der Waals surface area (Å²) in [5.74, 6) is -0.621. The Morgan fingerprint density at radius 1 is 0.968 bits per heavy atom. The van der Waals surface area contributed by atoms with Crippen LogP contribution in [0, 0.1) is 5.82 Å². The molecule has 0 saturated carbocycles. The summed E-state index contributed by atoms with van der Waals surface area (Å²) in [6, 6.07) is 19.0. The van der Waals surface area contributed by atoms with Gasteiger partial charge >= 0.3 is 0 Å². The monoisotopic (exact) mass is 431 g/mol. The Morgan fingerprint density at radius 3 is 2.48 bits per heavy atom. The number of aromatic amines is 1. The van der Waals surface area contributed by atoms with Gasteiger partial charge in [0.2, 0.25) is 0 Å². The number of rotatable bonds is 3. The van der Waals surface area contributed by atoms with Crippen molar-refractivity contribution in [1.29, 1.82) is 0 Å². The van der Waals surface area contributed by atoms with Crippen molar-refractivity contribution in [2.45, 2.75) is 0 Å². The smallest absolute Gasteiger partial charge is 0.278 e. The van der Waals surface area contributed by atoms with Crippen LogP contribution in [0.5, 0.6) is 5.75 Å². The van der Waals surface area contributed by atoms with Crippen LogP contribution in [0.15, 0.2) is 83.9 Å². The average molecular weight is 432 g/mol. The summed E-state index contributed by atoms with van der Waals surface area (Å²) in [6.45, 7) is 0. The Balaban J connectivity index is 1.68. The van der Waals surface area contributed by atoms with E-state index in [9.17, 15) is 14.3 Å². The minimum atomic E-state index is -0.504. The van der Waals surface area contributed by atoms with Gasteiger partial charge in [-0.1, -0.05) is 54.1 Å². The predicted molar refractivity (Wildman–Crippen MR) is 119 cm³/mol. The molecule has 0 saturated heterocycles. The summed E-state index contributed by atoms with van der Waals surface area (Å²) < 4.78 is 16.2. The molecule has 31 heavy (non-hydrogen) atoms. The molecule has 0 atom stereocenters. The van der Waals surface area contributed by atoms with Gasteiger partial charge in [0.05, 0.1) is 10.5 Å². The van der Waals surface area contributed by atoms with Crippen molar-refractivity contribution in [3.8, 4) is 33.7 Å². The van der Waals surface area contributed by atoms with Crippen molar-refractivity contribution in [3.05, 3.63) is 100 Å². The van der Waals surface area contributed by atoms with Crippen LogP contribution in [0.3, 0.4) is 0 Å². The molecule has 5 aromatic rings. The topological polar surface area (TPSA) is 70.9 Å². The summed E-state index contributed by atoms with van der Waals surface area (Å²) >= 11 is 6.45. The molecular weight excluding hydrogens is 417 g/mol. The molecule has 0 unspecified atom stereocenters. The zero-order valence-electron chi connectivity index (χ0n) is 16.0. The summed E-state index contributed by atoms with van der Waals surface area (Å²) in [7, 11) is 0. The number of nitrogens with one attached hydrogen (secondary N) is 1. The molecule has 152 valence electrons. The van der Waals surface area contributed by atoms with Crippen molar-refractivity contribution in [2.75, 3.05) is 0 Å². The van der Waals surface area contributed by atoms with E-state index in [4.69, 9.17) is 11.6 Å². The first-order valence-electron chi connectivity index (χ1n) is 9.47. The third kappa shape index (κ3) is 3.27. The van der Waals surface area contributed by atoms with Gasteiger partial charge in [0.15, 0.2) is 11.4 Å². The molecule has 0 aliphatic heterocycles. The lowest BCUT2D eigenvalue weighted by Crippen LogP contribution is -2.15. The highest BCUT2D eigenvalue weighted by atomic mass is 35.5. The summed E-state index contributed by atoms with van der Waals surface area (Å²) in [5, 5.41) is 15.5. The maximum Gasteiger partial charge on any atom is 0.278 e. The zero-order chi connectivity index (χ0) is 21.5. The van der Waals surface area contributed by atoms with Crippen LogP contribution in [-0.4, -0.2) is 19.9 Å². The molecule has 0 radical (unpaired) electrons. The number of aromatic hydroxyl groups is 1. The summed E-state index contributed by atoms with van der Waals surface area (Å²) in [6.07, 6.45) is 3.07. The standard InChI is InChI=1S/C24H15ClFN3O2/c25-19-13-21-18(23(30)22(24(31)28-21)29-10-4-9-27-29)12-17(19)15-7-8-16(20(26)11-15)14-5-2-1-3-6-14/h1-13H,(H2,28,30,31). The molecule has 5 rings (SSSR count). The van der Waals surface area contributed by atoms with E-state index in [0.29, 0.717) is 32.6 Å². The van der Waals surface area contributed by atoms with Crippen LogP contribution in [0.4, 0.5) is 4.39 Å². The minimum Gasteiger partial charge on any atom is -0.505 e. The van der Waals surface area contributed by atoms with Crippen molar-refractivity contribution in [3.63, 3.8) is 0 Å². The minimum absolute atomic E-state index is 0.00335. The Hall–Kier alpha value is -3.90. The van der Waals surface area contributed by atoms with Gasteiger partial charge in [-0.15, -0.1) is 0 Å². The summed E-state index contributed by atoms with van der Waals surface area (Å²) in [4.78, 5) is 15.2. The fraction of sp³-hybridized carbons (Fsp3) is 0. The zero-order valence-corrected chi connectivity index (χ0v) is 16.8. The summed E-state index contributed by atoms with van der Waals surface area (Å²) in [5.41, 5.74) is 2.20. The molecular formula is C24H15ClFN3O2. The number of aromatic nitrogens is 3. The number of pyridine rings is 1. The number of hydrogen-bond donors (Lipinski definition) is 2. The van der Waals surface area contributed by atoms with E-state index in [1.807, 2.05) is 30.3 Å².